The van der Waals surface area contributed by atoms with E-state index in [1.807, 2.05) is 31.5 Å². The summed E-state index contributed by atoms with van der Waals surface area (Å²) in [7, 11) is 0. The quantitative estimate of drug-likeness (QED) is 0.849. The fraction of sp³-hybridized carbons (Fsp3) is 0.400. The Morgan fingerprint density at radius 1 is 1.22 bits per heavy atom. The van der Waals surface area contributed by atoms with Gasteiger partial charge in [-0.2, -0.15) is 0 Å². The Kier molecular flexibility index (Phi) is 4.28. The summed E-state index contributed by atoms with van der Waals surface area (Å²) in [5.41, 5.74) is 1.20. The van der Waals surface area contributed by atoms with Gasteiger partial charge in [0.2, 0.25) is 0 Å². The molecule has 2 unspecified atom stereocenters. The number of hydrogen-bond donors (Lipinski definition) is 2. The van der Waals surface area contributed by atoms with Crippen molar-refractivity contribution in [3.8, 4) is 0 Å². The zero-order valence-corrected chi connectivity index (χ0v) is 10.9. The van der Waals surface area contributed by atoms with E-state index in [1.54, 1.807) is 0 Å². The maximum atomic E-state index is 9.34. The van der Waals surface area contributed by atoms with Gasteiger partial charge in [0.05, 0.1) is 6.10 Å². The summed E-state index contributed by atoms with van der Waals surface area (Å²) in [6, 6.07) is 8.56. The van der Waals surface area contributed by atoms with Gasteiger partial charge in [-0.25, -0.2) is 0 Å². The van der Waals surface area contributed by atoms with E-state index in [9.17, 15) is 5.11 Å². The van der Waals surface area contributed by atoms with Crippen molar-refractivity contribution in [1.82, 2.24) is 10.3 Å². The van der Waals surface area contributed by atoms with Gasteiger partial charge in [0.15, 0.2) is 0 Å². The molecule has 0 spiro atoms. The first kappa shape index (κ1) is 13.0. The molecule has 1 heterocycles. The Bertz CT molecular complexity index is 505. The molecule has 2 atom stereocenters. The first-order valence-electron chi connectivity index (χ1n) is 6.40. The predicted octanol–water partition coefficient (Wildman–Crippen LogP) is 2.48. The average Bonchev–Trinajstić information content (AvgIpc) is 2.35. The summed E-state index contributed by atoms with van der Waals surface area (Å²) in [4.78, 5) is 4.26. The standard InChI is InChI=1S/C15H20N2O/c1-11(7-12(2)18)17-10-14-9-16-8-13-5-3-4-6-15(13)14/h3-6,8-9,11-12,17-18H,7,10H2,1-2H3. The van der Waals surface area contributed by atoms with Gasteiger partial charge in [0.1, 0.15) is 0 Å². The first-order chi connectivity index (χ1) is 8.66. The number of pyridine rings is 1. The molecule has 0 amide bonds. The largest absolute Gasteiger partial charge is 0.393 e. The second-order valence-corrected chi connectivity index (χ2v) is 4.89. The molecule has 0 saturated carbocycles. The van der Waals surface area contributed by atoms with E-state index in [-0.39, 0.29) is 6.10 Å². The van der Waals surface area contributed by atoms with E-state index in [0.29, 0.717) is 6.04 Å². The van der Waals surface area contributed by atoms with Crippen LogP contribution in [0.2, 0.25) is 0 Å². The SMILES string of the molecule is CC(O)CC(C)NCc1cncc2ccccc12. The van der Waals surface area contributed by atoms with E-state index in [1.165, 1.54) is 16.3 Å². The molecule has 96 valence electrons. The van der Waals surface area contributed by atoms with Crippen molar-refractivity contribution in [2.75, 3.05) is 0 Å². The highest BCUT2D eigenvalue weighted by molar-refractivity contribution is 5.84. The Balaban J connectivity index is 2.08. The van der Waals surface area contributed by atoms with Crippen LogP contribution in [0.3, 0.4) is 0 Å². The predicted molar refractivity (Wildman–Crippen MR) is 74.3 cm³/mol. The van der Waals surface area contributed by atoms with Gasteiger partial charge in [-0.1, -0.05) is 24.3 Å². The van der Waals surface area contributed by atoms with Crippen LogP contribution in [0.25, 0.3) is 10.8 Å². The highest BCUT2D eigenvalue weighted by Gasteiger charge is 2.07. The minimum atomic E-state index is -0.266. The number of aliphatic hydroxyl groups is 1. The molecule has 0 radical (unpaired) electrons. The van der Waals surface area contributed by atoms with Crippen LogP contribution in [0.1, 0.15) is 25.8 Å². The second kappa shape index (κ2) is 5.94. The fourth-order valence-corrected chi connectivity index (χ4v) is 2.20. The first-order valence-corrected chi connectivity index (χ1v) is 6.40. The molecule has 0 aliphatic carbocycles. The Labute approximate surface area is 108 Å². The summed E-state index contributed by atoms with van der Waals surface area (Å²) >= 11 is 0. The number of aliphatic hydroxyl groups excluding tert-OH is 1. The lowest BCUT2D eigenvalue weighted by atomic mass is 10.1. The normalized spacial score (nSPS) is 14.6. The number of fused-ring (bicyclic) bond motifs is 1. The molecule has 0 saturated heterocycles. The van der Waals surface area contributed by atoms with Gasteiger partial charge in [0, 0.05) is 30.4 Å². The molecule has 0 aliphatic rings. The summed E-state index contributed by atoms with van der Waals surface area (Å²) in [5.74, 6) is 0. The lowest BCUT2D eigenvalue weighted by molar-refractivity contribution is 0.170. The second-order valence-electron chi connectivity index (χ2n) is 4.89. The highest BCUT2D eigenvalue weighted by atomic mass is 16.3. The third kappa shape index (κ3) is 3.28. The van der Waals surface area contributed by atoms with Crippen LogP contribution in [-0.2, 0) is 6.54 Å². The van der Waals surface area contributed by atoms with Gasteiger partial charge < -0.3 is 10.4 Å². The smallest absolute Gasteiger partial charge is 0.0526 e. The number of rotatable bonds is 5. The van der Waals surface area contributed by atoms with Crippen LogP contribution < -0.4 is 5.32 Å². The zero-order valence-electron chi connectivity index (χ0n) is 10.9. The van der Waals surface area contributed by atoms with Crippen molar-refractivity contribution in [1.29, 1.82) is 0 Å². The summed E-state index contributed by atoms with van der Waals surface area (Å²) in [6.45, 7) is 4.69. The number of nitrogens with zero attached hydrogens (tertiary/aromatic N) is 1. The lowest BCUT2D eigenvalue weighted by Gasteiger charge is -2.16. The maximum absolute atomic E-state index is 9.34. The molecule has 0 bridgehead atoms. The molecule has 3 heteroatoms. The Hall–Kier alpha value is -1.45. The van der Waals surface area contributed by atoms with Gasteiger partial charge in [0.25, 0.3) is 0 Å². The maximum Gasteiger partial charge on any atom is 0.0526 e. The molecule has 18 heavy (non-hydrogen) atoms. The Morgan fingerprint density at radius 2 is 2.00 bits per heavy atom. The monoisotopic (exact) mass is 244 g/mol. The minimum Gasteiger partial charge on any atom is -0.393 e. The molecule has 0 aliphatic heterocycles. The molecule has 2 N–H and O–H groups in total. The third-order valence-electron chi connectivity index (χ3n) is 3.09. The molecule has 1 aromatic heterocycles. The van der Waals surface area contributed by atoms with E-state index in [0.717, 1.165) is 13.0 Å². The van der Waals surface area contributed by atoms with Crippen LogP contribution >= 0.6 is 0 Å². The van der Waals surface area contributed by atoms with E-state index >= 15 is 0 Å². The van der Waals surface area contributed by atoms with Crippen LogP contribution in [0.4, 0.5) is 0 Å². The summed E-state index contributed by atoms with van der Waals surface area (Å²) in [5, 5.41) is 15.2. The minimum absolute atomic E-state index is 0.266. The van der Waals surface area contributed by atoms with E-state index in [4.69, 9.17) is 0 Å². The summed E-state index contributed by atoms with van der Waals surface area (Å²) in [6.07, 6.45) is 4.29. The third-order valence-corrected chi connectivity index (χ3v) is 3.09. The van der Waals surface area contributed by atoms with Gasteiger partial charge in [-0.3, -0.25) is 4.98 Å². The molecular weight excluding hydrogens is 224 g/mol. The van der Waals surface area contributed by atoms with Crippen molar-refractivity contribution in [2.45, 2.75) is 39.0 Å². The van der Waals surface area contributed by atoms with Crippen LogP contribution in [0.15, 0.2) is 36.7 Å². The molecular formula is C15H20N2O. The molecule has 2 aromatic rings. The molecule has 3 nitrogen and oxygen atoms in total. The number of aromatic nitrogens is 1. The molecule has 1 aromatic carbocycles. The number of hydrogen-bond acceptors (Lipinski definition) is 3. The van der Waals surface area contributed by atoms with Gasteiger partial charge >= 0.3 is 0 Å². The lowest BCUT2D eigenvalue weighted by Crippen LogP contribution is -2.28. The molecule has 0 fully saturated rings. The van der Waals surface area contributed by atoms with Crippen molar-refractivity contribution >= 4 is 10.8 Å². The van der Waals surface area contributed by atoms with Crippen LogP contribution in [-0.4, -0.2) is 22.2 Å². The van der Waals surface area contributed by atoms with Gasteiger partial charge in [-0.05, 0) is 31.2 Å². The van der Waals surface area contributed by atoms with Crippen LogP contribution in [0.5, 0.6) is 0 Å². The number of nitrogens with one attached hydrogen (secondary N) is 1. The van der Waals surface area contributed by atoms with Crippen molar-refractivity contribution in [3.63, 3.8) is 0 Å². The van der Waals surface area contributed by atoms with E-state index in [2.05, 4.69) is 29.4 Å². The average molecular weight is 244 g/mol. The fourth-order valence-electron chi connectivity index (χ4n) is 2.20. The topological polar surface area (TPSA) is 45.1 Å². The van der Waals surface area contributed by atoms with Crippen LogP contribution in [0, 0.1) is 0 Å². The number of benzene rings is 1. The van der Waals surface area contributed by atoms with E-state index < -0.39 is 0 Å². The molecule has 2 rings (SSSR count). The van der Waals surface area contributed by atoms with Crippen molar-refractivity contribution in [3.05, 3.63) is 42.2 Å². The van der Waals surface area contributed by atoms with Crippen molar-refractivity contribution in [2.24, 2.45) is 0 Å². The zero-order chi connectivity index (χ0) is 13.0. The van der Waals surface area contributed by atoms with Gasteiger partial charge in [-0.15, -0.1) is 0 Å². The summed E-state index contributed by atoms with van der Waals surface area (Å²) < 4.78 is 0. The van der Waals surface area contributed by atoms with Crippen molar-refractivity contribution < 1.29 is 5.11 Å². The highest BCUT2D eigenvalue weighted by Crippen LogP contribution is 2.16. The Morgan fingerprint density at radius 3 is 2.78 bits per heavy atom.